The third-order valence-corrected chi connectivity index (χ3v) is 3.92. The van der Waals surface area contributed by atoms with Crippen molar-refractivity contribution in [2.24, 2.45) is 0 Å². The molecule has 6 nitrogen and oxygen atoms in total. The van der Waals surface area contributed by atoms with E-state index in [1.807, 2.05) is 44.4 Å². The van der Waals surface area contributed by atoms with Gasteiger partial charge in [0.1, 0.15) is 0 Å². The van der Waals surface area contributed by atoms with Gasteiger partial charge in [-0.05, 0) is 45.2 Å². The lowest BCUT2D eigenvalue weighted by atomic mass is 10.2. The molecule has 7 heteroatoms. The molecule has 120 valence electrons. The molecule has 0 saturated heterocycles. The zero-order valence-electron chi connectivity index (χ0n) is 13.2. The van der Waals surface area contributed by atoms with Gasteiger partial charge in [0.05, 0.1) is 16.9 Å². The number of nitrogens with one attached hydrogen (secondary N) is 1. The first-order chi connectivity index (χ1) is 11.1. The molecule has 2 heterocycles. The van der Waals surface area contributed by atoms with Crippen LogP contribution in [-0.2, 0) is 6.42 Å². The number of aromatic nitrogens is 4. The number of likely N-dealkylation sites (N-methyl/N-ethyl adjacent to an activating group) is 1. The Labute approximate surface area is 139 Å². The quantitative estimate of drug-likeness (QED) is 0.778. The molecule has 23 heavy (non-hydrogen) atoms. The first-order valence-corrected chi connectivity index (χ1v) is 7.77. The van der Waals surface area contributed by atoms with Gasteiger partial charge in [0.25, 0.3) is 5.89 Å². The van der Waals surface area contributed by atoms with E-state index in [1.165, 1.54) is 0 Å². The van der Waals surface area contributed by atoms with Crippen LogP contribution in [0.4, 0.5) is 0 Å². The summed E-state index contributed by atoms with van der Waals surface area (Å²) in [5.74, 6) is 1.17. The summed E-state index contributed by atoms with van der Waals surface area (Å²) in [7, 11) is 1.91. The molecule has 2 aromatic heterocycles. The van der Waals surface area contributed by atoms with Crippen molar-refractivity contribution in [2.45, 2.75) is 26.3 Å². The van der Waals surface area contributed by atoms with Crippen molar-refractivity contribution in [3.05, 3.63) is 47.0 Å². The molecule has 0 spiro atoms. The minimum Gasteiger partial charge on any atom is -0.334 e. The van der Waals surface area contributed by atoms with E-state index < -0.39 is 0 Å². The molecule has 1 N–H and O–H groups in total. The molecule has 1 unspecified atom stereocenters. The van der Waals surface area contributed by atoms with Crippen LogP contribution in [0.15, 0.2) is 35.0 Å². The summed E-state index contributed by atoms with van der Waals surface area (Å²) in [6, 6.07) is 7.77. The van der Waals surface area contributed by atoms with Gasteiger partial charge in [-0.1, -0.05) is 16.8 Å². The molecule has 1 atom stereocenters. The minimum atomic E-state index is 0.290. The van der Waals surface area contributed by atoms with Crippen molar-refractivity contribution in [3.8, 4) is 17.1 Å². The van der Waals surface area contributed by atoms with Gasteiger partial charge >= 0.3 is 0 Å². The van der Waals surface area contributed by atoms with Crippen LogP contribution in [0, 0.1) is 6.92 Å². The highest BCUT2D eigenvalue weighted by Gasteiger charge is 2.16. The summed E-state index contributed by atoms with van der Waals surface area (Å²) < 4.78 is 7.16. The number of hydrogen-bond donors (Lipinski definition) is 1. The molecule has 0 radical (unpaired) electrons. The Morgan fingerprint density at radius 3 is 2.74 bits per heavy atom. The topological polar surface area (TPSA) is 68.8 Å². The largest absolute Gasteiger partial charge is 0.334 e. The number of benzene rings is 1. The second kappa shape index (κ2) is 6.52. The third-order valence-electron chi connectivity index (χ3n) is 3.67. The molecule has 0 aliphatic rings. The summed E-state index contributed by atoms with van der Waals surface area (Å²) in [6.07, 6.45) is 2.60. The van der Waals surface area contributed by atoms with Crippen LogP contribution >= 0.6 is 11.6 Å². The van der Waals surface area contributed by atoms with Gasteiger partial charge in [0.15, 0.2) is 5.82 Å². The minimum absolute atomic E-state index is 0.290. The van der Waals surface area contributed by atoms with Gasteiger partial charge in [0, 0.05) is 23.7 Å². The molecule has 3 rings (SSSR count). The van der Waals surface area contributed by atoms with Gasteiger partial charge in [-0.2, -0.15) is 10.1 Å². The molecule has 1 aromatic carbocycles. The molecular weight excluding hydrogens is 314 g/mol. The lowest BCUT2D eigenvalue weighted by Gasteiger charge is -2.04. The van der Waals surface area contributed by atoms with Crippen LogP contribution in [0.1, 0.15) is 18.4 Å². The maximum atomic E-state index is 5.92. The van der Waals surface area contributed by atoms with E-state index in [2.05, 4.69) is 27.5 Å². The Kier molecular flexibility index (Phi) is 4.45. The van der Waals surface area contributed by atoms with Crippen LogP contribution in [0.5, 0.6) is 0 Å². The smallest absolute Gasteiger partial charge is 0.261 e. The van der Waals surface area contributed by atoms with Crippen molar-refractivity contribution >= 4 is 11.6 Å². The van der Waals surface area contributed by atoms with Crippen molar-refractivity contribution in [2.75, 3.05) is 7.05 Å². The summed E-state index contributed by atoms with van der Waals surface area (Å²) in [4.78, 5) is 4.46. The average molecular weight is 332 g/mol. The predicted octanol–water partition coefficient (Wildman–Crippen LogP) is 3.03. The summed E-state index contributed by atoms with van der Waals surface area (Å²) in [5.41, 5.74) is 2.58. The first-order valence-electron chi connectivity index (χ1n) is 7.39. The van der Waals surface area contributed by atoms with E-state index in [4.69, 9.17) is 16.1 Å². The second-order valence-corrected chi connectivity index (χ2v) is 5.90. The molecule has 0 aliphatic carbocycles. The van der Waals surface area contributed by atoms with Gasteiger partial charge in [-0.3, -0.25) is 0 Å². The fourth-order valence-corrected chi connectivity index (χ4v) is 2.34. The van der Waals surface area contributed by atoms with Crippen molar-refractivity contribution in [1.29, 1.82) is 0 Å². The molecule has 0 bridgehead atoms. The van der Waals surface area contributed by atoms with E-state index in [9.17, 15) is 0 Å². The van der Waals surface area contributed by atoms with Crippen LogP contribution in [-0.4, -0.2) is 33.0 Å². The van der Waals surface area contributed by atoms with E-state index in [0.717, 1.165) is 16.9 Å². The summed E-state index contributed by atoms with van der Waals surface area (Å²) >= 11 is 5.92. The van der Waals surface area contributed by atoms with Crippen molar-refractivity contribution < 1.29 is 4.52 Å². The normalized spacial score (nSPS) is 12.5. The number of rotatable bonds is 5. The van der Waals surface area contributed by atoms with Crippen LogP contribution in [0.2, 0.25) is 5.02 Å². The molecule has 0 saturated carbocycles. The number of aryl methyl sites for hydroxylation is 1. The Morgan fingerprint density at radius 1 is 1.30 bits per heavy atom. The number of hydrogen-bond acceptors (Lipinski definition) is 5. The molecular formula is C16H18ClN5O. The number of nitrogens with zero attached hydrogens (tertiary/aromatic N) is 4. The monoisotopic (exact) mass is 331 g/mol. The standard InChI is InChI=1S/C16H18ClN5O/c1-10(18-3)8-15-19-16(23-21-15)14-9-22(20-11(14)2)13-6-4-12(17)5-7-13/h4-7,9-10,18H,8H2,1-3H3. The summed E-state index contributed by atoms with van der Waals surface area (Å²) in [6.45, 7) is 3.99. The highest BCUT2D eigenvalue weighted by molar-refractivity contribution is 6.30. The molecule has 3 aromatic rings. The molecule has 0 fully saturated rings. The van der Waals surface area contributed by atoms with Crippen LogP contribution in [0.3, 0.4) is 0 Å². The predicted molar refractivity (Wildman–Crippen MR) is 88.8 cm³/mol. The van der Waals surface area contributed by atoms with Gasteiger partial charge in [-0.15, -0.1) is 0 Å². The maximum absolute atomic E-state index is 5.92. The Bertz CT molecular complexity index is 793. The van der Waals surface area contributed by atoms with E-state index in [-0.39, 0.29) is 0 Å². The summed E-state index contributed by atoms with van der Waals surface area (Å²) in [5, 5.41) is 12.4. The number of halogens is 1. The Balaban J connectivity index is 1.88. The van der Waals surface area contributed by atoms with Crippen LogP contribution in [0.25, 0.3) is 17.1 Å². The average Bonchev–Trinajstić information content (AvgIpc) is 3.14. The van der Waals surface area contributed by atoms with Crippen molar-refractivity contribution in [3.63, 3.8) is 0 Å². The third kappa shape index (κ3) is 3.43. The lowest BCUT2D eigenvalue weighted by Crippen LogP contribution is -2.24. The van der Waals surface area contributed by atoms with E-state index in [1.54, 1.807) is 4.68 Å². The first kappa shape index (κ1) is 15.7. The maximum Gasteiger partial charge on any atom is 0.261 e. The van der Waals surface area contributed by atoms with Gasteiger partial charge in [-0.25, -0.2) is 4.68 Å². The van der Waals surface area contributed by atoms with Gasteiger partial charge in [0.2, 0.25) is 0 Å². The fourth-order valence-electron chi connectivity index (χ4n) is 2.22. The van der Waals surface area contributed by atoms with E-state index >= 15 is 0 Å². The lowest BCUT2D eigenvalue weighted by molar-refractivity contribution is 0.418. The highest BCUT2D eigenvalue weighted by atomic mass is 35.5. The highest BCUT2D eigenvalue weighted by Crippen LogP contribution is 2.23. The zero-order chi connectivity index (χ0) is 16.4. The second-order valence-electron chi connectivity index (χ2n) is 5.46. The van der Waals surface area contributed by atoms with Crippen LogP contribution < -0.4 is 5.32 Å². The Hall–Kier alpha value is -2.18. The molecule has 0 aliphatic heterocycles. The zero-order valence-corrected chi connectivity index (χ0v) is 14.0. The Morgan fingerprint density at radius 2 is 2.04 bits per heavy atom. The van der Waals surface area contributed by atoms with Gasteiger partial charge < -0.3 is 9.84 Å². The van der Waals surface area contributed by atoms with E-state index in [0.29, 0.717) is 29.2 Å². The molecule has 0 amide bonds. The van der Waals surface area contributed by atoms with Crippen molar-refractivity contribution in [1.82, 2.24) is 25.2 Å². The fraction of sp³-hybridized carbons (Fsp3) is 0.312. The SMILES string of the molecule is CNC(C)Cc1noc(-c2cn(-c3ccc(Cl)cc3)nc2C)n1.